The number of sulfonamides is 1. The number of rotatable bonds is 7. The maximum Gasteiger partial charge on any atom is 0.325 e. The lowest BCUT2D eigenvalue weighted by atomic mass is 10.3. The zero-order valence-corrected chi connectivity index (χ0v) is 21.8. The van der Waals surface area contributed by atoms with Gasteiger partial charge in [0.25, 0.3) is 10.0 Å². The van der Waals surface area contributed by atoms with E-state index in [1.165, 1.54) is 4.31 Å². The molecule has 36 heavy (non-hydrogen) atoms. The lowest BCUT2D eigenvalue weighted by molar-refractivity contribution is -0.143. The van der Waals surface area contributed by atoms with Gasteiger partial charge in [0.1, 0.15) is 10.8 Å². The van der Waals surface area contributed by atoms with Gasteiger partial charge in [-0.25, -0.2) is 8.42 Å². The first-order chi connectivity index (χ1) is 17.3. The standard InChI is InChI=1S/C24H23ClN4O5S2/c1-2-34-23(31)15-29-19(9-17-12-26-6-5-20(17)29)13-27-7-8-28(14-22(27)30)36(32,33)24-10-16-3-4-18(25)11-21(16)35-24/h3-6,9-12H,2,7-8,13-15H2,1H3. The molecule has 0 aliphatic carbocycles. The van der Waals surface area contributed by atoms with Gasteiger partial charge in [0.05, 0.1) is 25.2 Å². The number of thiophene rings is 1. The van der Waals surface area contributed by atoms with Gasteiger partial charge in [-0.3, -0.25) is 14.6 Å². The van der Waals surface area contributed by atoms with Gasteiger partial charge in [0.15, 0.2) is 0 Å². The minimum atomic E-state index is -3.83. The Morgan fingerprint density at radius 2 is 2.00 bits per heavy atom. The fraction of sp³-hybridized carbons (Fsp3) is 0.292. The van der Waals surface area contributed by atoms with Crippen molar-refractivity contribution in [1.29, 1.82) is 0 Å². The number of nitrogens with zero attached hydrogens (tertiary/aromatic N) is 4. The fourth-order valence-corrected chi connectivity index (χ4v) is 7.52. The molecule has 3 aromatic heterocycles. The lowest BCUT2D eigenvalue weighted by Crippen LogP contribution is -2.51. The van der Waals surface area contributed by atoms with Crippen LogP contribution in [0.3, 0.4) is 0 Å². The van der Waals surface area contributed by atoms with E-state index >= 15 is 0 Å². The van der Waals surface area contributed by atoms with Crippen molar-refractivity contribution >= 4 is 65.8 Å². The van der Waals surface area contributed by atoms with Gasteiger partial charge < -0.3 is 14.2 Å². The highest BCUT2D eigenvalue weighted by Gasteiger charge is 2.34. The minimum Gasteiger partial charge on any atom is -0.465 e. The average Bonchev–Trinajstić information content (AvgIpc) is 3.42. The summed E-state index contributed by atoms with van der Waals surface area (Å²) in [5, 5.41) is 2.17. The summed E-state index contributed by atoms with van der Waals surface area (Å²) in [7, 11) is -3.83. The van der Waals surface area contributed by atoms with Crippen LogP contribution < -0.4 is 0 Å². The van der Waals surface area contributed by atoms with Crippen molar-refractivity contribution < 1.29 is 22.7 Å². The van der Waals surface area contributed by atoms with E-state index in [0.29, 0.717) is 5.02 Å². The van der Waals surface area contributed by atoms with Gasteiger partial charge in [0, 0.05) is 46.3 Å². The van der Waals surface area contributed by atoms with E-state index in [9.17, 15) is 18.0 Å². The molecule has 1 aromatic carbocycles. The first kappa shape index (κ1) is 24.7. The molecule has 5 rings (SSSR count). The smallest absolute Gasteiger partial charge is 0.325 e. The number of esters is 1. The topological polar surface area (TPSA) is 102 Å². The van der Waals surface area contributed by atoms with E-state index in [1.54, 1.807) is 48.5 Å². The van der Waals surface area contributed by atoms with Crippen molar-refractivity contribution in [1.82, 2.24) is 18.8 Å². The Kier molecular flexibility index (Phi) is 6.73. The van der Waals surface area contributed by atoms with Crippen molar-refractivity contribution in [2.75, 3.05) is 26.2 Å². The quantitative estimate of drug-likeness (QED) is 0.329. The second-order valence-corrected chi connectivity index (χ2v) is 12.0. The SMILES string of the molecule is CCOC(=O)Cn1c(CN2CCN(S(=O)(=O)c3cc4ccc(Cl)cc4s3)CC2=O)cc2cnccc21. The second kappa shape index (κ2) is 9.81. The molecule has 1 aliphatic rings. The molecular weight excluding hydrogens is 524 g/mol. The third-order valence-corrected chi connectivity index (χ3v) is 9.70. The van der Waals surface area contributed by atoms with Crippen LogP contribution in [0.4, 0.5) is 0 Å². The first-order valence-corrected chi connectivity index (χ1v) is 13.9. The number of carbonyl (C=O) groups excluding carboxylic acids is 2. The average molecular weight is 547 g/mol. The monoisotopic (exact) mass is 546 g/mol. The van der Waals surface area contributed by atoms with Crippen LogP contribution in [0.5, 0.6) is 0 Å². The Balaban J connectivity index is 1.35. The van der Waals surface area contributed by atoms with Crippen LogP contribution in [0.1, 0.15) is 12.6 Å². The highest BCUT2D eigenvalue weighted by atomic mass is 35.5. The van der Waals surface area contributed by atoms with Gasteiger partial charge in [-0.05, 0) is 42.6 Å². The number of pyridine rings is 1. The Morgan fingerprint density at radius 3 is 2.78 bits per heavy atom. The number of halogens is 1. The fourth-order valence-electron chi connectivity index (χ4n) is 4.31. The zero-order valence-electron chi connectivity index (χ0n) is 19.4. The van der Waals surface area contributed by atoms with Crippen LogP contribution in [0, 0.1) is 0 Å². The molecule has 1 saturated heterocycles. The molecular formula is C24H23ClN4O5S2. The highest BCUT2D eigenvalue weighted by Crippen LogP contribution is 2.33. The summed E-state index contributed by atoms with van der Waals surface area (Å²) < 4.78 is 35.7. The van der Waals surface area contributed by atoms with E-state index < -0.39 is 10.0 Å². The van der Waals surface area contributed by atoms with Crippen LogP contribution in [-0.2, 0) is 37.4 Å². The third kappa shape index (κ3) is 4.71. The summed E-state index contributed by atoms with van der Waals surface area (Å²) in [6, 6.07) is 10.5. The second-order valence-electron chi connectivity index (χ2n) is 8.36. The molecule has 1 amide bonds. The number of hydrogen-bond donors (Lipinski definition) is 0. The summed E-state index contributed by atoms with van der Waals surface area (Å²) in [6.45, 7) is 2.42. The largest absolute Gasteiger partial charge is 0.465 e. The van der Waals surface area contributed by atoms with E-state index in [4.69, 9.17) is 16.3 Å². The van der Waals surface area contributed by atoms with Crippen LogP contribution in [-0.4, -0.2) is 65.3 Å². The number of carbonyl (C=O) groups is 2. The van der Waals surface area contributed by atoms with Crippen molar-refractivity contribution in [3.63, 3.8) is 0 Å². The number of amides is 1. The number of aromatic nitrogens is 2. The third-order valence-electron chi connectivity index (χ3n) is 6.07. The molecule has 1 aliphatic heterocycles. The Labute approximate surface area is 216 Å². The molecule has 0 bridgehead atoms. The summed E-state index contributed by atoms with van der Waals surface area (Å²) in [5.41, 5.74) is 1.56. The number of fused-ring (bicyclic) bond motifs is 2. The van der Waals surface area contributed by atoms with Gasteiger partial charge in [-0.2, -0.15) is 4.31 Å². The number of benzene rings is 1. The van der Waals surface area contributed by atoms with Crippen LogP contribution in [0.25, 0.3) is 21.0 Å². The van der Waals surface area contributed by atoms with Crippen molar-refractivity contribution in [3.05, 3.63) is 59.5 Å². The molecule has 0 spiro atoms. The molecule has 4 heterocycles. The van der Waals surface area contributed by atoms with Gasteiger partial charge in [-0.15, -0.1) is 11.3 Å². The Bertz CT molecular complexity index is 1580. The minimum absolute atomic E-state index is 0.00910. The molecule has 0 atom stereocenters. The molecule has 0 N–H and O–H groups in total. The normalized spacial score (nSPS) is 15.2. The predicted molar refractivity (Wildman–Crippen MR) is 137 cm³/mol. The maximum absolute atomic E-state index is 13.3. The number of piperazine rings is 1. The molecule has 0 saturated carbocycles. The van der Waals surface area contributed by atoms with E-state index in [0.717, 1.165) is 38.0 Å². The molecule has 1 fully saturated rings. The van der Waals surface area contributed by atoms with Crippen molar-refractivity contribution in [2.45, 2.75) is 24.2 Å². The highest BCUT2D eigenvalue weighted by molar-refractivity contribution is 7.91. The first-order valence-electron chi connectivity index (χ1n) is 11.3. The summed E-state index contributed by atoms with van der Waals surface area (Å²) in [4.78, 5) is 31.0. The molecule has 4 aromatic rings. The van der Waals surface area contributed by atoms with E-state index in [-0.39, 0.29) is 55.4 Å². The molecule has 9 nitrogen and oxygen atoms in total. The van der Waals surface area contributed by atoms with Crippen LogP contribution in [0.2, 0.25) is 5.02 Å². The molecule has 0 radical (unpaired) electrons. The Morgan fingerprint density at radius 1 is 1.17 bits per heavy atom. The molecule has 188 valence electrons. The summed E-state index contributed by atoms with van der Waals surface area (Å²) in [6.07, 6.45) is 3.34. The van der Waals surface area contributed by atoms with Crippen molar-refractivity contribution in [3.8, 4) is 0 Å². The van der Waals surface area contributed by atoms with Crippen LogP contribution in [0.15, 0.2) is 53.0 Å². The zero-order chi connectivity index (χ0) is 25.4. The van der Waals surface area contributed by atoms with E-state index in [2.05, 4.69) is 4.98 Å². The number of ether oxygens (including phenoxy) is 1. The summed E-state index contributed by atoms with van der Waals surface area (Å²) in [5.74, 6) is -0.681. The predicted octanol–water partition coefficient (Wildman–Crippen LogP) is 3.50. The van der Waals surface area contributed by atoms with Gasteiger partial charge in [0.2, 0.25) is 5.91 Å². The lowest BCUT2D eigenvalue weighted by Gasteiger charge is -2.33. The molecule has 12 heteroatoms. The van der Waals surface area contributed by atoms with Crippen molar-refractivity contribution in [2.24, 2.45) is 0 Å². The number of hydrogen-bond acceptors (Lipinski definition) is 7. The molecule has 0 unspecified atom stereocenters. The van der Waals surface area contributed by atoms with Crippen LogP contribution >= 0.6 is 22.9 Å². The summed E-state index contributed by atoms with van der Waals surface area (Å²) >= 11 is 7.18. The van der Waals surface area contributed by atoms with Gasteiger partial charge in [-0.1, -0.05) is 17.7 Å². The Hall–Kier alpha value is -2.99. The maximum atomic E-state index is 13.3. The van der Waals surface area contributed by atoms with E-state index in [1.807, 2.05) is 16.7 Å². The van der Waals surface area contributed by atoms with Gasteiger partial charge >= 0.3 is 5.97 Å².